The Hall–Kier alpha value is -2.91. The highest BCUT2D eigenvalue weighted by Crippen LogP contribution is 2.45. The number of nitrogens with zero attached hydrogens (tertiary/aromatic N) is 1. The molecule has 0 spiro atoms. The standard InChI is InChI=1S/C33H42N2O5S2/c1-9-27(41-22-17-23(32(3,4)5)28(36)24(18-22)33(6,7)8)29-34-25(19(2)40-29)14-15-39-21-12-10-20(11-13-21)16-26-30(37)42-31(38)35-26/h10-13,17-18,26-27,36H,9,14-16H2,1-8H3,(H,35,38). The van der Waals surface area contributed by atoms with Crippen LogP contribution in [0.3, 0.4) is 0 Å². The third-order valence-electron chi connectivity index (χ3n) is 7.27. The Morgan fingerprint density at radius 3 is 2.21 bits per heavy atom. The van der Waals surface area contributed by atoms with Gasteiger partial charge < -0.3 is 19.6 Å². The average molecular weight is 611 g/mol. The summed E-state index contributed by atoms with van der Waals surface area (Å²) in [7, 11) is 0. The highest BCUT2D eigenvalue weighted by molar-refractivity contribution is 8.26. The lowest BCUT2D eigenvalue weighted by Gasteiger charge is -2.28. The third kappa shape index (κ3) is 7.72. The van der Waals surface area contributed by atoms with Crippen LogP contribution in [-0.4, -0.2) is 33.1 Å². The van der Waals surface area contributed by atoms with Gasteiger partial charge in [0.15, 0.2) is 0 Å². The van der Waals surface area contributed by atoms with Gasteiger partial charge >= 0.3 is 0 Å². The summed E-state index contributed by atoms with van der Waals surface area (Å²) in [6.07, 6.45) is 1.92. The summed E-state index contributed by atoms with van der Waals surface area (Å²) in [5, 5.41) is 13.4. The van der Waals surface area contributed by atoms with Gasteiger partial charge in [-0.15, -0.1) is 11.8 Å². The third-order valence-corrected chi connectivity index (χ3v) is 9.39. The number of hydrogen-bond acceptors (Lipinski definition) is 8. The number of amides is 1. The summed E-state index contributed by atoms with van der Waals surface area (Å²) in [5.74, 6) is 2.61. The van der Waals surface area contributed by atoms with Crippen LogP contribution < -0.4 is 10.1 Å². The van der Waals surface area contributed by atoms with E-state index in [1.165, 1.54) is 0 Å². The zero-order valence-corrected chi connectivity index (χ0v) is 27.4. The van der Waals surface area contributed by atoms with E-state index in [0.29, 0.717) is 31.1 Å². The van der Waals surface area contributed by atoms with Crippen molar-refractivity contribution in [3.8, 4) is 11.5 Å². The van der Waals surface area contributed by atoms with Gasteiger partial charge in [0, 0.05) is 40.6 Å². The van der Waals surface area contributed by atoms with Gasteiger partial charge in [0.25, 0.3) is 5.24 Å². The summed E-state index contributed by atoms with van der Waals surface area (Å²) >= 11 is 2.45. The molecule has 2 unspecified atom stereocenters. The molecule has 1 amide bonds. The lowest BCUT2D eigenvalue weighted by molar-refractivity contribution is -0.112. The average Bonchev–Trinajstić information content (AvgIpc) is 3.42. The number of carbonyl (C=O) groups excluding carboxylic acids is 2. The molecule has 9 heteroatoms. The fraction of sp³-hybridized carbons (Fsp3) is 0.485. The second-order valence-electron chi connectivity index (χ2n) is 12.8. The first-order chi connectivity index (χ1) is 19.7. The number of phenolic OH excluding ortho intramolecular Hbond substituents is 1. The van der Waals surface area contributed by atoms with Crippen LogP contribution >= 0.6 is 23.5 Å². The smallest absolute Gasteiger partial charge is 0.287 e. The van der Waals surface area contributed by atoms with E-state index in [1.807, 2.05) is 31.2 Å². The van der Waals surface area contributed by atoms with E-state index in [0.717, 1.165) is 57.0 Å². The van der Waals surface area contributed by atoms with E-state index in [4.69, 9.17) is 14.1 Å². The van der Waals surface area contributed by atoms with Crippen LogP contribution in [0.5, 0.6) is 11.5 Å². The van der Waals surface area contributed by atoms with Gasteiger partial charge in [0.05, 0.1) is 17.6 Å². The van der Waals surface area contributed by atoms with E-state index in [9.17, 15) is 14.7 Å². The summed E-state index contributed by atoms with van der Waals surface area (Å²) in [5.41, 5.74) is 3.34. The Morgan fingerprint density at radius 1 is 1.07 bits per heavy atom. The van der Waals surface area contributed by atoms with Crippen molar-refractivity contribution in [1.29, 1.82) is 0 Å². The number of aromatic hydroxyl groups is 1. The lowest BCUT2D eigenvalue weighted by atomic mass is 9.79. The van der Waals surface area contributed by atoms with Crippen molar-refractivity contribution in [2.24, 2.45) is 0 Å². The second kappa shape index (κ2) is 12.8. The minimum absolute atomic E-state index is 0.0334. The molecule has 2 atom stereocenters. The van der Waals surface area contributed by atoms with Gasteiger partial charge in [0.1, 0.15) is 23.3 Å². The number of oxazole rings is 1. The largest absolute Gasteiger partial charge is 0.507 e. The van der Waals surface area contributed by atoms with E-state index < -0.39 is 6.04 Å². The Labute approximate surface area is 257 Å². The first kappa shape index (κ1) is 32.0. The van der Waals surface area contributed by atoms with Crippen LogP contribution in [0.15, 0.2) is 45.7 Å². The number of phenols is 1. The number of nitrogens with one attached hydrogen (secondary N) is 1. The highest BCUT2D eigenvalue weighted by Gasteiger charge is 2.31. The Kier molecular flexibility index (Phi) is 9.72. The summed E-state index contributed by atoms with van der Waals surface area (Å²) in [6.45, 7) is 17.3. The summed E-state index contributed by atoms with van der Waals surface area (Å²) in [6, 6.07) is 11.3. The van der Waals surface area contributed by atoms with Crippen LogP contribution in [0.2, 0.25) is 0 Å². The Morgan fingerprint density at radius 2 is 1.69 bits per heavy atom. The van der Waals surface area contributed by atoms with Crippen LogP contribution in [0.25, 0.3) is 0 Å². The molecule has 2 aromatic carbocycles. The molecule has 0 bridgehead atoms. The molecule has 1 saturated heterocycles. The molecule has 2 N–H and O–H groups in total. The quantitative estimate of drug-likeness (QED) is 0.222. The number of rotatable bonds is 10. The first-order valence-electron chi connectivity index (χ1n) is 14.4. The number of aromatic nitrogens is 1. The van der Waals surface area contributed by atoms with Crippen molar-refractivity contribution in [1.82, 2.24) is 10.3 Å². The fourth-order valence-electron chi connectivity index (χ4n) is 4.86. The lowest BCUT2D eigenvalue weighted by Crippen LogP contribution is -2.30. The molecule has 0 radical (unpaired) electrons. The van der Waals surface area contributed by atoms with Gasteiger partial charge in [0.2, 0.25) is 11.0 Å². The second-order valence-corrected chi connectivity index (χ2v) is 15.0. The molecule has 4 rings (SSSR count). The predicted octanol–water partition coefficient (Wildman–Crippen LogP) is 8.04. The fourth-order valence-corrected chi connectivity index (χ4v) is 6.60. The van der Waals surface area contributed by atoms with E-state index in [1.54, 1.807) is 11.8 Å². The van der Waals surface area contributed by atoms with Crippen LogP contribution in [0.4, 0.5) is 4.79 Å². The number of aryl methyl sites for hydroxylation is 1. The van der Waals surface area contributed by atoms with Crippen molar-refractivity contribution in [2.75, 3.05) is 6.61 Å². The van der Waals surface area contributed by atoms with Crippen molar-refractivity contribution in [3.05, 3.63) is 70.4 Å². The normalized spacial score (nSPS) is 16.5. The molecule has 226 valence electrons. The van der Waals surface area contributed by atoms with Gasteiger partial charge in [-0.05, 0) is 54.0 Å². The van der Waals surface area contributed by atoms with E-state index in [2.05, 4.69) is 65.9 Å². The van der Waals surface area contributed by atoms with Crippen molar-refractivity contribution in [3.63, 3.8) is 0 Å². The molecule has 1 aliphatic rings. The Bertz CT molecular complexity index is 1400. The van der Waals surface area contributed by atoms with Crippen LogP contribution in [0, 0.1) is 6.92 Å². The van der Waals surface area contributed by atoms with Gasteiger partial charge in [-0.2, -0.15) is 0 Å². The minimum Gasteiger partial charge on any atom is -0.507 e. The van der Waals surface area contributed by atoms with Crippen molar-refractivity contribution < 1.29 is 23.8 Å². The van der Waals surface area contributed by atoms with Gasteiger partial charge in [-0.25, -0.2) is 4.98 Å². The SMILES string of the molecule is CCC(Sc1cc(C(C)(C)C)c(O)c(C(C)(C)C)c1)c1nc(CCOc2ccc(CC3NC(=O)SC3=O)cc2)c(C)o1. The topological polar surface area (TPSA) is 102 Å². The van der Waals surface area contributed by atoms with Gasteiger partial charge in [-0.3, -0.25) is 9.59 Å². The summed E-state index contributed by atoms with van der Waals surface area (Å²) < 4.78 is 12.1. The maximum absolute atomic E-state index is 11.9. The number of thioether (sulfide) groups is 2. The molecule has 7 nitrogen and oxygen atoms in total. The summed E-state index contributed by atoms with van der Waals surface area (Å²) in [4.78, 5) is 29.2. The van der Waals surface area contributed by atoms with Gasteiger partial charge in [-0.1, -0.05) is 60.6 Å². The molecule has 0 saturated carbocycles. The maximum atomic E-state index is 11.9. The monoisotopic (exact) mass is 610 g/mol. The Balaban J connectivity index is 1.40. The van der Waals surface area contributed by atoms with Crippen LogP contribution in [-0.2, 0) is 28.5 Å². The van der Waals surface area contributed by atoms with Crippen molar-refractivity contribution >= 4 is 33.9 Å². The molecule has 42 heavy (non-hydrogen) atoms. The number of carbonyl (C=O) groups is 2. The zero-order chi connectivity index (χ0) is 30.8. The maximum Gasteiger partial charge on any atom is 0.287 e. The molecule has 1 aromatic heterocycles. The number of hydrogen-bond donors (Lipinski definition) is 2. The molecular formula is C33H42N2O5S2. The molecule has 3 aromatic rings. The van der Waals surface area contributed by atoms with E-state index in [-0.39, 0.29) is 26.4 Å². The molecule has 0 aliphatic carbocycles. The minimum atomic E-state index is -0.473. The molecule has 2 heterocycles. The number of ether oxygens (including phenoxy) is 1. The van der Waals surface area contributed by atoms with Crippen molar-refractivity contribution in [2.45, 2.75) is 102 Å². The molecule has 1 aliphatic heterocycles. The predicted molar refractivity (Wildman–Crippen MR) is 170 cm³/mol. The first-order valence-corrected chi connectivity index (χ1v) is 16.1. The highest BCUT2D eigenvalue weighted by atomic mass is 32.2. The van der Waals surface area contributed by atoms with E-state index >= 15 is 0 Å². The molecule has 1 fully saturated rings. The molecular weight excluding hydrogens is 569 g/mol. The van der Waals surface area contributed by atoms with Crippen LogP contribution in [0.1, 0.15) is 94.2 Å². The number of benzene rings is 2. The zero-order valence-electron chi connectivity index (χ0n) is 25.8.